The molecule has 6 nitrogen and oxygen atoms in total. The van der Waals surface area contributed by atoms with Crippen LogP contribution in [0.25, 0.3) is 11.6 Å². The van der Waals surface area contributed by atoms with Gasteiger partial charge >= 0.3 is 0 Å². The predicted octanol–water partition coefficient (Wildman–Crippen LogP) is 3.67. The molecule has 29 heavy (non-hydrogen) atoms. The van der Waals surface area contributed by atoms with E-state index < -0.39 is 0 Å². The van der Waals surface area contributed by atoms with Crippen molar-refractivity contribution in [1.29, 1.82) is 0 Å². The summed E-state index contributed by atoms with van der Waals surface area (Å²) in [5.74, 6) is 2.95. The fourth-order valence-electron chi connectivity index (χ4n) is 4.59. The topological polar surface area (TPSA) is 60.0 Å². The predicted molar refractivity (Wildman–Crippen MR) is 109 cm³/mol. The van der Waals surface area contributed by atoms with Gasteiger partial charge in [0.05, 0.1) is 5.69 Å². The molecule has 0 amide bonds. The highest BCUT2D eigenvalue weighted by atomic mass is 32.2. The van der Waals surface area contributed by atoms with E-state index in [2.05, 4.69) is 20.1 Å². The number of likely N-dealkylation sites (tertiary alicyclic amines) is 1. The maximum absolute atomic E-state index is 13.2. The molecule has 0 radical (unpaired) electrons. The molecular formula is C21H24FN5OS. The van der Waals surface area contributed by atoms with Gasteiger partial charge in [0.1, 0.15) is 5.82 Å². The average Bonchev–Trinajstić information content (AvgIpc) is 3.02. The molecular weight excluding hydrogens is 389 g/mol. The first kappa shape index (κ1) is 18.8. The highest BCUT2D eigenvalue weighted by Crippen LogP contribution is 2.58. The van der Waals surface area contributed by atoms with Gasteiger partial charge in [0.25, 0.3) is 0 Å². The second-order valence-electron chi connectivity index (χ2n) is 8.13. The molecule has 2 aliphatic rings. The van der Waals surface area contributed by atoms with Crippen LogP contribution in [0.5, 0.6) is 0 Å². The van der Waals surface area contributed by atoms with Gasteiger partial charge in [0.2, 0.25) is 5.82 Å². The third-order valence-corrected chi connectivity index (χ3v) is 7.38. The maximum atomic E-state index is 13.2. The Morgan fingerprint density at radius 2 is 2.10 bits per heavy atom. The van der Waals surface area contributed by atoms with E-state index >= 15 is 0 Å². The molecule has 0 spiro atoms. The summed E-state index contributed by atoms with van der Waals surface area (Å²) in [4.78, 5) is 6.68. The zero-order valence-electron chi connectivity index (χ0n) is 16.6. The van der Waals surface area contributed by atoms with Crippen molar-refractivity contribution >= 4 is 11.8 Å². The van der Waals surface area contributed by atoms with Crippen LogP contribution in [0.1, 0.15) is 24.1 Å². The number of aryl methyl sites for hydroxylation is 1. The normalized spacial score (nSPS) is 23.5. The Labute approximate surface area is 173 Å². The number of nitrogens with zero attached hydrogens (tertiary/aromatic N) is 5. The first-order chi connectivity index (χ1) is 14.1. The number of hydrogen-bond acceptors (Lipinski definition) is 6. The van der Waals surface area contributed by atoms with Crippen LogP contribution in [-0.4, -0.2) is 50.0 Å². The second kappa shape index (κ2) is 7.25. The zero-order valence-corrected chi connectivity index (χ0v) is 17.5. The summed E-state index contributed by atoms with van der Waals surface area (Å²) in [6.45, 7) is 5.23. The lowest BCUT2D eigenvalue weighted by molar-refractivity contribution is 0.299. The molecule has 1 saturated heterocycles. The summed E-state index contributed by atoms with van der Waals surface area (Å²) >= 11 is 1.72. The van der Waals surface area contributed by atoms with Crippen molar-refractivity contribution < 1.29 is 8.81 Å². The van der Waals surface area contributed by atoms with Crippen molar-refractivity contribution in [2.45, 2.75) is 30.3 Å². The van der Waals surface area contributed by atoms with Crippen LogP contribution in [0.15, 0.2) is 40.2 Å². The van der Waals surface area contributed by atoms with Gasteiger partial charge in [0, 0.05) is 31.3 Å². The van der Waals surface area contributed by atoms with Gasteiger partial charge in [-0.05, 0) is 49.9 Å². The third-order valence-electron chi connectivity index (χ3n) is 6.27. The minimum Gasteiger partial charge on any atom is -0.440 e. The lowest BCUT2D eigenvalue weighted by atomic mass is 9.95. The standard InChI is InChI=1S/C21H24FN5OS/c1-14-18(28-13-23-14)19-24-25-20(26(19)2)29-9-3-8-27-11-16-10-21(16,12-27)15-4-6-17(22)7-5-15/h4-7,13,16H,3,8-12H2,1-2H3/t16-,21-/m1/s1. The van der Waals surface area contributed by atoms with Crippen LogP contribution in [-0.2, 0) is 12.5 Å². The Morgan fingerprint density at radius 3 is 2.86 bits per heavy atom. The van der Waals surface area contributed by atoms with Crippen LogP contribution >= 0.6 is 11.8 Å². The van der Waals surface area contributed by atoms with Crippen molar-refractivity contribution in [3.63, 3.8) is 0 Å². The Balaban J connectivity index is 1.13. The number of piperidine rings is 1. The third kappa shape index (κ3) is 3.38. The molecule has 2 aromatic heterocycles. The van der Waals surface area contributed by atoms with Gasteiger partial charge in [0.15, 0.2) is 17.3 Å². The second-order valence-corrected chi connectivity index (χ2v) is 9.20. The van der Waals surface area contributed by atoms with E-state index in [0.29, 0.717) is 11.6 Å². The van der Waals surface area contributed by atoms with Crippen molar-refractivity contribution in [3.05, 3.63) is 47.7 Å². The van der Waals surface area contributed by atoms with E-state index in [1.807, 2.05) is 30.7 Å². The molecule has 0 N–H and O–H groups in total. The van der Waals surface area contributed by atoms with Crippen molar-refractivity contribution in [3.8, 4) is 11.6 Å². The molecule has 1 aromatic carbocycles. The van der Waals surface area contributed by atoms with Crippen molar-refractivity contribution in [1.82, 2.24) is 24.6 Å². The maximum Gasteiger partial charge on any atom is 0.202 e. The monoisotopic (exact) mass is 413 g/mol. The fourth-order valence-corrected chi connectivity index (χ4v) is 5.43. The molecule has 8 heteroatoms. The van der Waals surface area contributed by atoms with Gasteiger partial charge in [-0.15, -0.1) is 10.2 Å². The number of rotatable bonds is 7. The quantitative estimate of drug-likeness (QED) is 0.435. The molecule has 5 rings (SSSR count). The summed E-state index contributed by atoms with van der Waals surface area (Å²) in [5.41, 5.74) is 2.39. The summed E-state index contributed by atoms with van der Waals surface area (Å²) in [7, 11) is 1.96. The van der Waals surface area contributed by atoms with Gasteiger partial charge in [-0.3, -0.25) is 0 Å². The number of thioether (sulfide) groups is 1. The molecule has 1 aliphatic carbocycles. The molecule has 0 unspecified atom stereocenters. The fraction of sp³-hybridized carbons (Fsp3) is 0.476. The number of hydrogen-bond donors (Lipinski definition) is 0. The van der Waals surface area contributed by atoms with Crippen molar-refractivity contribution in [2.75, 3.05) is 25.4 Å². The average molecular weight is 414 g/mol. The molecule has 2 fully saturated rings. The number of oxazole rings is 1. The molecule has 3 heterocycles. The van der Waals surface area contributed by atoms with Gasteiger partial charge in [-0.1, -0.05) is 23.9 Å². The van der Waals surface area contributed by atoms with E-state index in [1.165, 1.54) is 18.4 Å². The largest absolute Gasteiger partial charge is 0.440 e. The first-order valence-corrected chi connectivity index (χ1v) is 11.0. The summed E-state index contributed by atoms with van der Waals surface area (Å²) < 4.78 is 20.6. The molecule has 0 bridgehead atoms. The number of halogens is 1. The lowest BCUT2D eigenvalue weighted by Gasteiger charge is -2.21. The Bertz CT molecular complexity index is 1020. The summed E-state index contributed by atoms with van der Waals surface area (Å²) in [6.07, 6.45) is 3.78. The number of benzene rings is 1. The van der Waals surface area contributed by atoms with Crippen LogP contribution in [0, 0.1) is 18.7 Å². The summed E-state index contributed by atoms with van der Waals surface area (Å²) in [5, 5.41) is 9.46. The van der Waals surface area contributed by atoms with Gasteiger partial charge in [-0.25, -0.2) is 9.37 Å². The van der Waals surface area contributed by atoms with E-state index in [1.54, 1.807) is 23.9 Å². The minimum atomic E-state index is -0.153. The van der Waals surface area contributed by atoms with E-state index in [4.69, 9.17) is 4.42 Å². The Morgan fingerprint density at radius 1 is 1.28 bits per heavy atom. The SMILES string of the molecule is Cc1ncoc1-c1nnc(SCCCN2C[C@H]3C[C@]3(c3ccc(F)cc3)C2)n1C. The van der Waals surface area contributed by atoms with Crippen LogP contribution in [0.2, 0.25) is 0 Å². The van der Waals surface area contributed by atoms with Crippen molar-refractivity contribution in [2.24, 2.45) is 13.0 Å². The van der Waals surface area contributed by atoms with Crippen LogP contribution in [0.3, 0.4) is 0 Å². The first-order valence-electron chi connectivity index (χ1n) is 9.98. The molecule has 1 aliphatic heterocycles. The number of aromatic nitrogens is 4. The smallest absolute Gasteiger partial charge is 0.202 e. The van der Waals surface area contributed by atoms with Gasteiger partial charge in [-0.2, -0.15) is 0 Å². The zero-order chi connectivity index (χ0) is 20.0. The van der Waals surface area contributed by atoms with E-state index in [-0.39, 0.29) is 11.2 Å². The van der Waals surface area contributed by atoms with Crippen LogP contribution < -0.4 is 0 Å². The van der Waals surface area contributed by atoms with E-state index in [9.17, 15) is 4.39 Å². The molecule has 3 aromatic rings. The molecule has 2 atom stereocenters. The Kier molecular flexibility index (Phi) is 4.70. The number of fused-ring (bicyclic) bond motifs is 1. The highest BCUT2D eigenvalue weighted by Gasteiger charge is 2.60. The minimum absolute atomic E-state index is 0.153. The van der Waals surface area contributed by atoms with E-state index in [0.717, 1.165) is 48.6 Å². The van der Waals surface area contributed by atoms with Gasteiger partial charge < -0.3 is 13.9 Å². The van der Waals surface area contributed by atoms with Crippen LogP contribution in [0.4, 0.5) is 4.39 Å². The molecule has 1 saturated carbocycles. The lowest BCUT2D eigenvalue weighted by Crippen LogP contribution is -2.27. The Hall–Kier alpha value is -2.19. The highest BCUT2D eigenvalue weighted by molar-refractivity contribution is 7.99. The molecule has 152 valence electrons. The summed E-state index contributed by atoms with van der Waals surface area (Å²) in [6, 6.07) is 7.12.